The van der Waals surface area contributed by atoms with E-state index in [1.807, 2.05) is 40.1 Å². The number of hydrogen-bond acceptors (Lipinski definition) is 3. The first-order valence-electron chi connectivity index (χ1n) is 7.79. The second-order valence-corrected chi connectivity index (χ2v) is 6.40. The zero-order valence-corrected chi connectivity index (χ0v) is 14.1. The standard InChI is InChI=1S/C17H29N3O2/c1-13(2)8-16(21)11-19-17(22)18-10-14-6-5-7-15(9-14)12-20(3)4/h5-7,9,13,16,21H,8,10-12H2,1-4H3,(H2,18,19,22). The molecular weight excluding hydrogens is 278 g/mol. The topological polar surface area (TPSA) is 64.6 Å². The molecule has 0 aromatic heterocycles. The van der Waals surface area contributed by atoms with E-state index in [1.54, 1.807) is 0 Å². The van der Waals surface area contributed by atoms with Gasteiger partial charge in [-0.1, -0.05) is 38.1 Å². The molecular formula is C17H29N3O2. The molecule has 0 saturated carbocycles. The van der Waals surface area contributed by atoms with Gasteiger partial charge in [0.25, 0.3) is 0 Å². The van der Waals surface area contributed by atoms with Gasteiger partial charge in [0.15, 0.2) is 0 Å². The van der Waals surface area contributed by atoms with Crippen LogP contribution in [-0.2, 0) is 13.1 Å². The number of benzene rings is 1. The maximum absolute atomic E-state index is 11.7. The lowest BCUT2D eigenvalue weighted by molar-refractivity contribution is 0.147. The van der Waals surface area contributed by atoms with Crippen molar-refractivity contribution in [1.29, 1.82) is 0 Å². The molecule has 0 spiro atoms. The fourth-order valence-electron chi connectivity index (χ4n) is 2.29. The maximum atomic E-state index is 11.7. The molecule has 0 fully saturated rings. The van der Waals surface area contributed by atoms with Crippen LogP contribution in [0.5, 0.6) is 0 Å². The predicted octanol–water partition coefficient (Wildman–Crippen LogP) is 1.95. The van der Waals surface area contributed by atoms with Crippen LogP contribution in [0.1, 0.15) is 31.4 Å². The highest BCUT2D eigenvalue weighted by Gasteiger charge is 2.08. The monoisotopic (exact) mass is 307 g/mol. The Kier molecular flexibility index (Phi) is 7.91. The quantitative estimate of drug-likeness (QED) is 0.688. The molecule has 1 atom stereocenters. The van der Waals surface area contributed by atoms with E-state index in [9.17, 15) is 9.90 Å². The van der Waals surface area contributed by atoms with Gasteiger partial charge in [-0.15, -0.1) is 0 Å². The van der Waals surface area contributed by atoms with E-state index in [4.69, 9.17) is 0 Å². The van der Waals surface area contributed by atoms with Gasteiger partial charge in [-0.2, -0.15) is 0 Å². The molecule has 0 bridgehead atoms. The molecule has 22 heavy (non-hydrogen) atoms. The summed E-state index contributed by atoms with van der Waals surface area (Å²) in [6, 6.07) is 7.91. The lowest BCUT2D eigenvalue weighted by Gasteiger charge is -2.14. The van der Waals surface area contributed by atoms with Gasteiger partial charge in [0.05, 0.1) is 6.10 Å². The van der Waals surface area contributed by atoms with Crippen molar-refractivity contribution in [3.63, 3.8) is 0 Å². The summed E-state index contributed by atoms with van der Waals surface area (Å²) in [6.07, 6.45) is 0.196. The number of nitrogens with zero attached hydrogens (tertiary/aromatic N) is 1. The fraction of sp³-hybridized carbons (Fsp3) is 0.588. The second-order valence-electron chi connectivity index (χ2n) is 6.40. The number of aliphatic hydroxyl groups excluding tert-OH is 1. The molecule has 5 heteroatoms. The van der Waals surface area contributed by atoms with E-state index in [0.717, 1.165) is 12.1 Å². The van der Waals surface area contributed by atoms with Crippen LogP contribution in [0.2, 0.25) is 0 Å². The Morgan fingerprint density at radius 2 is 1.91 bits per heavy atom. The zero-order valence-electron chi connectivity index (χ0n) is 14.1. The predicted molar refractivity (Wildman–Crippen MR) is 89.5 cm³/mol. The van der Waals surface area contributed by atoms with E-state index in [0.29, 0.717) is 18.9 Å². The summed E-state index contributed by atoms with van der Waals surface area (Å²) >= 11 is 0. The van der Waals surface area contributed by atoms with Crippen molar-refractivity contribution >= 4 is 6.03 Å². The molecule has 0 heterocycles. The molecule has 0 aliphatic rings. The number of amides is 2. The van der Waals surface area contributed by atoms with Gasteiger partial charge in [-0.05, 0) is 37.6 Å². The average Bonchev–Trinajstić information content (AvgIpc) is 2.42. The number of urea groups is 1. The van der Waals surface area contributed by atoms with Gasteiger partial charge >= 0.3 is 6.03 Å². The van der Waals surface area contributed by atoms with Crippen LogP contribution in [0.25, 0.3) is 0 Å². The first-order chi connectivity index (χ1) is 10.4. The lowest BCUT2D eigenvalue weighted by atomic mass is 10.1. The van der Waals surface area contributed by atoms with Crippen molar-refractivity contribution < 1.29 is 9.90 Å². The van der Waals surface area contributed by atoms with Gasteiger partial charge in [0, 0.05) is 19.6 Å². The minimum absolute atomic E-state index is 0.249. The molecule has 3 N–H and O–H groups in total. The third-order valence-electron chi connectivity index (χ3n) is 3.18. The second kappa shape index (κ2) is 9.43. The van der Waals surface area contributed by atoms with Gasteiger partial charge in [0.2, 0.25) is 0 Å². The number of carbonyl (C=O) groups is 1. The third kappa shape index (κ3) is 8.00. The first-order valence-corrected chi connectivity index (χ1v) is 7.79. The first kappa shape index (κ1) is 18.5. The summed E-state index contributed by atoms with van der Waals surface area (Å²) in [6.45, 7) is 5.73. The van der Waals surface area contributed by atoms with Gasteiger partial charge in [-0.25, -0.2) is 4.79 Å². The minimum Gasteiger partial charge on any atom is -0.391 e. The van der Waals surface area contributed by atoms with Crippen LogP contribution in [0.15, 0.2) is 24.3 Å². The van der Waals surface area contributed by atoms with Gasteiger partial charge < -0.3 is 20.6 Å². The molecule has 0 aliphatic heterocycles. The number of nitrogens with one attached hydrogen (secondary N) is 2. The Morgan fingerprint density at radius 1 is 1.23 bits per heavy atom. The molecule has 0 saturated heterocycles. The molecule has 2 amide bonds. The largest absolute Gasteiger partial charge is 0.391 e. The maximum Gasteiger partial charge on any atom is 0.315 e. The van der Waals surface area contributed by atoms with Crippen molar-refractivity contribution in [2.45, 2.75) is 39.5 Å². The van der Waals surface area contributed by atoms with Crippen LogP contribution < -0.4 is 10.6 Å². The Bertz CT molecular complexity index is 461. The Morgan fingerprint density at radius 3 is 2.55 bits per heavy atom. The van der Waals surface area contributed by atoms with E-state index in [1.165, 1.54) is 5.56 Å². The summed E-state index contributed by atoms with van der Waals surface area (Å²) < 4.78 is 0. The lowest BCUT2D eigenvalue weighted by Crippen LogP contribution is -2.39. The van der Waals surface area contributed by atoms with Crippen LogP contribution in [0, 0.1) is 5.92 Å². The molecule has 1 unspecified atom stereocenters. The molecule has 0 aliphatic carbocycles. The summed E-state index contributed by atoms with van der Waals surface area (Å²) in [4.78, 5) is 13.8. The molecule has 1 rings (SSSR count). The summed E-state index contributed by atoms with van der Waals surface area (Å²) in [5, 5.41) is 15.2. The van der Waals surface area contributed by atoms with E-state index >= 15 is 0 Å². The van der Waals surface area contributed by atoms with Crippen LogP contribution in [0.4, 0.5) is 4.79 Å². The molecule has 124 valence electrons. The third-order valence-corrected chi connectivity index (χ3v) is 3.18. The molecule has 0 radical (unpaired) electrons. The average molecular weight is 307 g/mol. The fourth-order valence-corrected chi connectivity index (χ4v) is 2.29. The van der Waals surface area contributed by atoms with Crippen LogP contribution in [-0.4, -0.2) is 42.8 Å². The zero-order chi connectivity index (χ0) is 16.5. The van der Waals surface area contributed by atoms with Gasteiger partial charge in [-0.3, -0.25) is 0 Å². The smallest absolute Gasteiger partial charge is 0.315 e. The van der Waals surface area contributed by atoms with E-state index in [-0.39, 0.29) is 12.6 Å². The summed E-state index contributed by atoms with van der Waals surface area (Å²) in [7, 11) is 4.06. The number of carbonyl (C=O) groups excluding carboxylic acids is 1. The number of rotatable bonds is 8. The highest BCUT2D eigenvalue weighted by Crippen LogP contribution is 2.07. The number of hydrogen-bond donors (Lipinski definition) is 3. The van der Waals surface area contributed by atoms with Crippen molar-refractivity contribution in [2.24, 2.45) is 5.92 Å². The van der Waals surface area contributed by atoms with E-state index < -0.39 is 6.10 Å². The highest BCUT2D eigenvalue weighted by atomic mass is 16.3. The molecule has 5 nitrogen and oxygen atoms in total. The van der Waals surface area contributed by atoms with Crippen molar-refractivity contribution in [3.8, 4) is 0 Å². The Hall–Kier alpha value is -1.59. The van der Waals surface area contributed by atoms with Crippen LogP contribution in [0.3, 0.4) is 0 Å². The number of aliphatic hydroxyl groups is 1. The summed E-state index contributed by atoms with van der Waals surface area (Å²) in [5.74, 6) is 0.416. The SMILES string of the molecule is CC(C)CC(O)CNC(=O)NCc1cccc(CN(C)C)c1. The minimum atomic E-state index is -0.492. The van der Waals surface area contributed by atoms with Gasteiger partial charge in [0.1, 0.15) is 0 Å². The normalized spacial score (nSPS) is 12.5. The Labute approximate surface area is 133 Å². The van der Waals surface area contributed by atoms with Crippen molar-refractivity contribution in [2.75, 3.05) is 20.6 Å². The molecule has 1 aromatic carbocycles. The molecule has 1 aromatic rings. The highest BCUT2D eigenvalue weighted by molar-refractivity contribution is 5.73. The van der Waals surface area contributed by atoms with Crippen LogP contribution >= 0.6 is 0 Å². The van der Waals surface area contributed by atoms with Crippen molar-refractivity contribution in [3.05, 3.63) is 35.4 Å². The van der Waals surface area contributed by atoms with E-state index in [2.05, 4.69) is 27.7 Å². The Balaban J connectivity index is 2.34. The van der Waals surface area contributed by atoms with Crippen molar-refractivity contribution in [1.82, 2.24) is 15.5 Å². The summed E-state index contributed by atoms with van der Waals surface area (Å²) in [5.41, 5.74) is 2.29.